The van der Waals surface area contributed by atoms with Crippen LogP contribution in [0.4, 0.5) is 0 Å². The van der Waals surface area contributed by atoms with Crippen molar-refractivity contribution in [3.8, 4) is 11.1 Å². The van der Waals surface area contributed by atoms with Crippen LogP contribution in [0.2, 0.25) is 0 Å². The summed E-state index contributed by atoms with van der Waals surface area (Å²) in [6, 6.07) is 16.1. The van der Waals surface area contributed by atoms with Gasteiger partial charge in [-0.15, -0.1) is 0 Å². The Labute approximate surface area is 163 Å². The summed E-state index contributed by atoms with van der Waals surface area (Å²) in [6.45, 7) is 1.32. The number of methoxy groups -OCH3 is 2. The number of carbonyl (C=O) groups is 4. The number of benzene rings is 2. The van der Waals surface area contributed by atoms with Crippen molar-refractivity contribution in [3.63, 3.8) is 0 Å². The third-order valence-corrected chi connectivity index (χ3v) is 4.56. The lowest BCUT2D eigenvalue weighted by atomic mass is 9.75. The largest absolute Gasteiger partial charge is 0.468 e. The smallest absolute Gasteiger partial charge is 0.331 e. The van der Waals surface area contributed by atoms with Crippen LogP contribution in [0.15, 0.2) is 54.6 Å². The van der Waals surface area contributed by atoms with Crippen molar-refractivity contribution in [2.45, 2.75) is 19.8 Å². The molecule has 6 nitrogen and oxygen atoms in total. The molecule has 0 radical (unpaired) electrons. The van der Waals surface area contributed by atoms with E-state index < -0.39 is 23.1 Å². The molecule has 0 atom stereocenters. The first-order valence-electron chi connectivity index (χ1n) is 8.73. The molecule has 2 aromatic carbocycles. The van der Waals surface area contributed by atoms with E-state index in [1.54, 1.807) is 24.3 Å². The highest BCUT2D eigenvalue weighted by Crippen LogP contribution is 2.33. The summed E-state index contributed by atoms with van der Waals surface area (Å²) < 4.78 is 9.47. The minimum Gasteiger partial charge on any atom is -0.468 e. The highest BCUT2D eigenvalue weighted by molar-refractivity contribution is 6.25. The van der Waals surface area contributed by atoms with Gasteiger partial charge in [-0.1, -0.05) is 54.6 Å². The summed E-state index contributed by atoms with van der Waals surface area (Å²) >= 11 is 0. The molecule has 6 heteroatoms. The summed E-state index contributed by atoms with van der Waals surface area (Å²) in [5, 5.41) is 0. The Bertz CT molecular complexity index is 852. The van der Waals surface area contributed by atoms with Crippen molar-refractivity contribution < 1.29 is 28.7 Å². The van der Waals surface area contributed by atoms with Gasteiger partial charge in [0, 0.05) is 12.0 Å². The van der Waals surface area contributed by atoms with Gasteiger partial charge in [0.25, 0.3) is 0 Å². The van der Waals surface area contributed by atoms with Crippen LogP contribution in [0.1, 0.15) is 30.1 Å². The average molecular weight is 382 g/mol. The molecule has 28 heavy (non-hydrogen) atoms. The predicted molar refractivity (Wildman–Crippen MR) is 103 cm³/mol. The summed E-state index contributed by atoms with van der Waals surface area (Å²) in [5.41, 5.74) is -0.226. The normalized spacial score (nSPS) is 10.8. The first-order valence-corrected chi connectivity index (χ1v) is 8.73. The van der Waals surface area contributed by atoms with Gasteiger partial charge in [-0.25, -0.2) is 0 Å². The molecule has 0 amide bonds. The van der Waals surface area contributed by atoms with Crippen LogP contribution in [0.25, 0.3) is 11.1 Å². The lowest BCUT2D eigenvalue weighted by Crippen LogP contribution is -2.48. The van der Waals surface area contributed by atoms with Crippen LogP contribution in [-0.4, -0.2) is 37.7 Å². The Morgan fingerprint density at radius 3 is 1.75 bits per heavy atom. The molecular weight excluding hydrogens is 360 g/mol. The molecule has 2 rings (SSSR count). The summed E-state index contributed by atoms with van der Waals surface area (Å²) in [4.78, 5) is 49.7. The molecule has 0 fully saturated rings. The van der Waals surface area contributed by atoms with Gasteiger partial charge >= 0.3 is 11.9 Å². The third kappa shape index (κ3) is 4.17. The lowest BCUT2D eigenvalue weighted by Gasteiger charge is -2.26. The third-order valence-electron chi connectivity index (χ3n) is 4.56. The molecule has 0 bridgehead atoms. The molecule has 0 spiro atoms. The van der Waals surface area contributed by atoms with Gasteiger partial charge in [-0.2, -0.15) is 0 Å². The van der Waals surface area contributed by atoms with Crippen LogP contribution in [0.5, 0.6) is 0 Å². The molecule has 2 aromatic rings. The molecule has 0 aliphatic carbocycles. The fourth-order valence-corrected chi connectivity index (χ4v) is 2.99. The molecule has 0 aliphatic rings. The van der Waals surface area contributed by atoms with E-state index in [1.165, 1.54) is 6.92 Å². The predicted octanol–water partition coefficient (Wildman–Crippen LogP) is 3.24. The molecule has 0 aliphatic heterocycles. The van der Waals surface area contributed by atoms with Gasteiger partial charge in [0.05, 0.1) is 14.2 Å². The SMILES string of the molecule is COC(=O)C(CCC(C)=O)(C(=O)OC)C(=O)c1ccc(-c2ccccc2)cc1. The Kier molecular flexibility index (Phi) is 6.82. The van der Waals surface area contributed by atoms with E-state index in [1.807, 2.05) is 30.3 Å². The quantitative estimate of drug-likeness (QED) is 0.396. The fraction of sp³-hybridized carbons (Fsp3) is 0.273. The number of ether oxygens (including phenoxy) is 2. The van der Waals surface area contributed by atoms with Crippen LogP contribution in [-0.2, 0) is 23.9 Å². The van der Waals surface area contributed by atoms with Crippen LogP contribution in [0.3, 0.4) is 0 Å². The zero-order valence-corrected chi connectivity index (χ0v) is 16.1. The van der Waals surface area contributed by atoms with Crippen molar-refractivity contribution in [2.75, 3.05) is 14.2 Å². The first-order chi connectivity index (χ1) is 13.4. The fourth-order valence-electron chi connectivity index (χ4n) is 2.99. The Morgan fingerprint density at radius 1 is 0.786 bits per heavy atom. The van der Waals surface area contributed by atoms with E-state index in [9.17, 15) is 19.2 Å². The molecular formula is C22H22O6. The Balaban J connectivity index is 2.47. The minimum absolute atomic E-state index is 0.141. The van der Waals surface area contributed by atoms with E-state index in [4.69, 9.17) is 9.47 Å². The maximum absolute atomic E-state index is 13.2. The van der Waals surface area contributed by atoms with Crippen molar-refractivity contribution >= 4 is 23.5 Å². The maximum Gasteiger partial charge on any atom is 0.331 e. The number of hydrogen-bond acceptors (Lipinski definition) is 6. The monoisotopic (exact) mass is 382 g/mol. The number of Topliss-reactive ketones (excluding diaryl/α,β-unsaturated/α-hetero) is 2. The van der Waals surface area contributed by atoms with Crippen molar-refractivity contribution in [3.05, 3.63) is 60.2 Å². The van der Waals surface area contributed by atoms with Gasteiger partial charge in [0.15, 0.2) is 5.78 Å². The van der Waals surface area contributed by atoms with Crippen molar-refractivity contribution in [2.24, 2.45) is 5.41 Å². The van der Waals surface area contributed by atoms with Crippen molar-refractivity contribution in [1.82, 2.24) is 0 Å². The molecule has 146 valence electrons. The second-order valence-corrected chi connectivity index (χ2v) is 6.36. The summed E-state index contributed by atoms with van der Waals surface area (Å²) in [7, 11) is 2.17. The minimum atomic E-state index is -2.22. The van der Waals surface area contributed by atoms with E-state index in [2.05, 4.69) is 0 Å². The topological polar surface area (TPSA) is 86.7 Å². The number of rotatable bonds is 8. The van der Waals surface area contributed by atoms with E-state index in [0.717, 1.165) is 25.3 Å². The zero-order chi connectivity index (χ0) is 20.7. The number of carbonyl (C=O) groups excluding carboxylic acids is 4. The standard InChI is InChI=1S/C22H22O6/c1-15(23)13-14-22(20(25)27-2,21(26)28-3)19(24)18-11-9-17(10-12-18)16-7-5-4-6-8-16/h4-12H,13-14H2,1-3H3. The Morgan fingerprint density at radius 2 is 1.29 bits per heavy atom. The van der Waals surface area contributed by atoms with Gasteiger partial charge < -0.3 is 14.3 Å². The highest BCUT2D eigenvalue weighted by Gasteiger charge is 2.55. The van der Waals surface area contributed by atoms with Crippen LogP contribution < -0.4 is 0 Å². The number of hydrogen-bond donors (Lipinski definition) is 0. The van der Waals surface area contributed by atoms with E-state index >= 15 is 0 Å². The molecule has 0 saturated carbocycles. The number of ketones is 2. The molecule has 0 unspecified atom stereocenters. The molecule has 0 heterocycles. The molecule has 0 N–H and O–H groups in total. The van der Waals surface area contributed by atoms with Gasteiger partial charge in [0.2, 0.25) is 5.41 Å². The summed E-state index contributed by atoms with van der Waals surface area (Å²) in [6.07, 6.45) is -0.459. The molecule has 0 aromatic heterocycles. The molecule has 0 saturated heterocycles. The Hall–Kier alpha value is -3.28. The second kappa shape index (κ2) is 9.08. The lowest BCUT2D eigenvalue weighted by molar-refractivity contribution is -0.165. The van der Waals surface area contributed by atoms with E-state index in [0.29, 0.717) is 0 Å². The number of esters is 2. The van der Waals surface area contributed by atoms with Crippen molar-refractivity contribution in [1.29, 1.82) is 0 Å². The van der Waals surface area contributed by atoms with Gasteiger partial charge in [0.1, 0.15) is 5.78 Å². The average Bonchev–Trinajstić information content (AvgIpc) is 2.73. The maximum atomic E-state index is 13.2. The highest BCUT2D eigenvalue weighted by atomic mass is 16.5. The van der Waals surface area contributed by atoms with Crippen LogP contribution in [0, 0.1) is 5.41 Å². The van der Waals surface area contributed by atoms with Gasteiger partial charge in [-0.05, 0) is 24.5 Å². The van der Waals surface area contributed by atoms with Gasteiger partial charge in [-0.3, -0.25) is 14.4 Å². The summed E-state index contributed by atoms with van der Waals surface area (Å²) in [5.74, 6) is -3.10. The van der Waals surface area contributed by atoms with Crippen LogP contribution >= 0.6 is 0 Å². The second-order valence-electron chi connectivity index (χ2n) is 6.36. The zero-order valence-electron chi connectivity index (χ0n) is 16.1. The first kappa shape index (κ1) is 21.0. The van der Waals surface area contributed by atoms with E-state index in [-0.39, 0.29) is 24.2 Å².